The topological polar surface area (TPSA) is 79.3 Å². The van der Waals surface area contributed by atoms with Crippen molar-refractivity contribution in [2.75, 3.05) is 0 Å². The number of aliphatic carboxylic acids is 1. The molecule has 2 aromatic rings. The lowest BCUT2D eigenvalue weighted by atomic mass is 10.0. The lowest BCUT2D eigenvalue weighted by Gasteiger charge is -2.17. The summed E-state index contributed by atoms with van der Waals surface area (Å²) in [5.41, 5.74) is 0.664. The van der Waals surface area contributed by atoms with Crippen molar-refractivity contribution in [2.45, 2.75) is 26.3 Å². The van der Waals surface area contributed by atoms with Gasteiger partial charge in [-0.1, -0.05) is 11.6 Å². The number of aromatic nitrogens is 1. The molecular formula is C14H15ClN2O3S2. The summed E-state index contributed by atoms with van der Waals surface area (Å²) in [5, 5.41) is 14.3. The molecule has 0 aliphatic heterocycles. The van der Waals surface area contributed by atoms with Crippen LogP contribution in [0.4, 0.5) is 0 Å². The molecular weight excluding hydrogens is 344 g/mol. The quantitative estimate of drug-likeness (QED) is 0.830. The molecule has 22 heavy (non-hydrogen) atoms. The monoisotopic (exact) mass is 358 g/mol. The highest BCUT2D eigenvalue weighted by Crippen LogP contribution is 2.32. The van der Waals surface area contributed by atoms with Crippen LogP contribution in [-0.2, 0) is 16.0 Å². The maximum absolute atomic E-state index is 11.9. The summed E-state index contributed by atoms with van der Waals surface area (Å²) >= 11 is 8.79. The minimum atomic E-state index is -0.932. The van der Waals surface area contributed by atoms with E-state index in [0.29, 0.717) is 10.0 Å². The van der Waals surface area contributed by atoms with E-state index in [2.05, 4.69) is 10.3 Å². The number of carbonyl (C=O) groups excluding carboxylic acids is 1. The molecule has 2 rings (SSSR count). The number of thiazole rings is 1. The number of halogens is 1. The first-order valence-electron chi connectivity index (χ1n) is 6.59. The molecule has 2 N–H and O–H groups in total. The third-order valence-electron chi connectivity index (χ3n) is 3.21. The van der Waals surface area contributed by atoms with Gasteiger partial charge in [-0.25, -0.2) is 4.98 Å². The van der Waals surface area contributed by atoms with E-state index in [0.717, 1.165) is 9.88 Å². The van der Waals surface area contributed by atoms with Crippen molar-refractivity contribution in [3.05, 3.63) is 27.5 Å². The van der Waals surface area contributed by atoms with E-state index in [4.69, 9.17) is 16.7 Å². The summed E-state index contributed by atoms with van der Waals surface area (Å²) in [4.78, 5) is 28.2. The minimum Gasteiger partial charge on any atom is -0.481 e. The standard InChI is InChI=1S/C14H15ClN2O3S2/c1-7(14(19)20)8(2)16-12(18)5-9-6-21-13(17-9)10-3-4-11(15)22-10/h3-4,6-8H,5H2,1-2H3,(H,16,18)(H,19,20). The van der Waals surface area contributed by atoms with Crippen LogP contribution in [-0.4, -0.2) is 28.0 Å². The molecule has 118 valence electrons. The second kappa shape index (κ2) is 7.21. The van der Waals surface area contributed by atoms with Crippen molar-refractivity contribution >= 4 is 46.2 Å². The van der Waals surface area contributed by atoms with Gasteiger partial charge in [0.1, 0.15) is 5.01 Å². The summed E-state index contributed by atoms with van der Waals surface area (Å²) < 4.78 is 0.695. The van der Waals surface area contributed by atoms with Gasteiger partial charge in [0.25, 0.3) is 0 Å². The van der Waals surface area contributed by atoms with Crippen molar-refractivity contribution in [2.24, 2.45) is 5.92 Å². The lowest BCUT2D eigenvalue weighted by Crippen LogP contribution is -2.40. The van der Waals surface area contributed by atoms with E-state index in [9.17, 15) is 9.59 Å². The van der Waals surface area contributed by atoms with Gasteiger partial charge < -0.3 is 10.4 Å². The lowest BCUT2D eigenvalue weighted by molar-refractivity contribution is -0.142. The Balaban J connectivity index is 1.95. The summed E-state index contributed by atoms with van der Waals surface area (Å²) in [5.74, 6) is -1.80. The molecule has 8 heteroatoms. The molecule has 0 saturated heterocycles. The highest BCUT2D eigenvalue weighted by atomic mass is 35.5. The van der Waals surface area contributed by atoms with E-state index >= 15 is 0 Å². The molecule has 0 bridgehead atoms. The molecule has 0 radical (unpaired) electrons. The molecule has 2 heterocycles. The molecule has 0 saturated carbocycles. The Morgan fingerprint density at radius 3 is 2.73 bits per heavy atom. The first kappa shape index (κ1) is 16.9. The van der Waals surface area contributed by atoms with Crippen LogP contribution in [0.25, 0.3) is 9.88 Å². The van der Waals surface area contributed by atoms with Gasteiger partial charge in [-0.05, 0) is 26.0 Å². The number of nitrogens with zero attached hydrogens (tertiary/aromatic N) is 1. The van der Waals surface area contributed by atoms with E-state index in [1.165, 1.54) is 22.7 Å². The Labute approximate surface area is 141 Å². The second-order valence-electron chi connectivity index (χ2n) is 4.91. The van der Waals surface area contributed by atoms with Crippen LogP contribution >= 0.6 is 34.3 Å². The Morgan fingerprint density at radius 2 is 2.14 bits per heavy atom. The highest BCUT2D eigenvalue weighted by molar-refractivity contribution is 7.23. The molecule has 0 aliphatic rings. The maximum Gasteiger partial charge on any atom is 0.308 e. The molecule has 0 aromatic carbocycles. The van der Waals surface area contributed by atoms with Crippen molar-refractivity contribution in [1.29, 1.82) is 0 Å². The number of amides is 1. The second-order valence-corrected chi connectivity index (χ2v) is 7.48. The Hall–Kier alpha value is -1.44. The summed E-state index contributed by atoms with van der Waals surface area (Å²) in [6.45, 7) is 3.24. The Kier molecular flexibility index (Phi) is 5.55. The van der Waals surface area contributed by atoms with Crippen LogP contribution in [0.15, 0.2) is 17.5 Å². The number of nitrogens with one attached hydrogen (secondary N) is 1. The van der Waals surface area contributed by atoms with Crippen LogP contribution in [0.1, 0.15) is 19.5 Å². The molecule has 0 fully saturated rings. The van der Waals surface area contributed by atoms with Gasteiger partial charge in [0.2, 0.25) is 5.91 Å². The zero-order valence-electron chi connectivity index (χ0n) is 12.0. The predicted molar refractivity (Wildman–Crippen MR) is 88.5 cm³/mol. The van der Waals surface area contributed by atoms with Gasteiger partial charge in [0, 0.05) is 11.4 Å². The van der Waals surface area contributed by atoms with E-state index in [1.54, 1.807) is 13.8 Å². The average Bonchev–Trinajstić information content (AvgIpc) is 3.06. The Morgan fingerprint density at radius 1 is 1.41 bits per heavy atom. The summed E-state index contributed by atoms with van der Waals surface area (Å²) in [6.07, 6.45) is 0.131. The van der Waals surface area contributed by atoms with Crippen LogP contribution in [0.5, 0.6) is 0 Å². The van der Waals surface area contributed by atoms with Crippen molar-refractivity contribution < 1.29 is 14.7 Å². The number of carboxylic acid groups (broad SMARTS) is 1. The molecule has 0 spiro atoms. The van der Waals surface area contributed by atoms with Crippen molar-refractivity contribution in [3.63, 3.8) is 0 Å². The van der Waals surface area contributed by atoms with Crippen LogP contribution in [0.2, 0.25) is 4.34 Å². The van der Waals surface area contributed by atoms with Gasteiger partial charge in [0.05, 0.1) is 27.2 Å². The van der Waals surface area contributed by atoms with E-state index in [-0.39, 0.29) is 12.3 Å². The molecule has 1 amide bonds. The smallest absolute Gasteiger partial charge is 0.308 e. The molecule has 5 nitrogen and oxygen atoms in total. The summed E-state index contributed by atoms with van der Waals surface area (Å²) in [7, 11) is 0. The number of rotatable bonds is 6. The predicted octanol–water partition coefficient (Wildman–Crippen LogP) is 3.29. The molecule has 2 aromatic heterocycles. The van der Waals surface area contributed by atoms with Crippen LogP contribution in [0.3, 0.4) is 0 Å². The third-order valence-corrected chi connectivity index (χ3v) is 5.50. The highest BCUT2D eigenvalue weighted by Gasteiger charge is 2.21. The fourth-order valence-electron chi connectivity index (χ4n) is 1.74. The summed E-state index contributed by atoms with van der Waals surface area (Å²) in [6, 6.07) is 3.27. The van der Waals surface area contributed by atoms with Crippen molar-refractivity contribution in [1.82, 2.24) is 10.3 Å². The number of carboxylic acids is 1. The zero-order valence-corrected chi connectivity index (χ0v) is 14.4. The number of thiophene rings is 1. The van der Waals surface area contributed by atoms with Gasteiger partial charge in [-0.15, -0.1) is 22.7 Å². The van der Waals surface area contributed by atoms with Gasteiger partial charge in [-0.3, -0.25) is 9.59 Å². The number of carbonyl (C=O) groups is 2. The number of hydrogen-bond donors (Lipinski definition) is 2. The fraction of sp³-hybridized carbons (Fsp3) is 0.357. The molecule has 0 aliphatic carbocycles. The van der Waals surface area contributed by atoms with Crippen LogP contribution in [0, 0.1) is 5.92 Å². The van der Waals surface area contributed by atoms with Crippen molar-refractivity contribution in [3.8, 4) is 9.88 Å². The van der Waals surface area contributed by atoms with E-state index < -0.39 is 17.9 Å². The third kappa shape index (κ3) is 4.28. The first-order valence-corrected chi connectivity index (χ1v) is 8.66. The van der Waals surface area contributed by atoms with Gasteiger partial charge in [0.15, 0.2) is 0 Å². The normalized spacial score (nSPS) is 13.6. The fourth-order valence-corrected chi connectivity index (χ4v) is 3.67. The molecule has 2 unspecified atom stereocenters. The van der Waals surface area contributed by atoms with E-state index in [1.807, 2.05) is 17.5 Å². The Bertz CT molecular complexity index is 683. The van der Waals surface area contributed by atoms with Crippen LogP contribution < -0.4 is 5.32 Å². The average molecular weight is 359 g/mol. The number of hydrogen-bond acceptors (Lipinski definition) is 5. The molecule has 2 atom stereocenters. The first-order chi connectivity index (χ1) is 10.4. The van der Waals surface area contributed by atoms with Gasteiger partial charge in [-0.2, -0.15) is 0 Å². The zero-order chi connectivity index (χ0) is 16.3. The SMILES string of the molecule is CC(NC(=O)Cc1csc(-c2ccc(Cl)s2)n1)C(C)C(=O)O. The largest absolute Gasteiger partial charge is 0.481 e. The maximum atomic E-state index is 11.9. The van der Waals surface area contributed by atoms with Gasteiger partial charge >= 0.3 is 5.97 Å². The minimum absolute atomic E-state index is 0.131.